The zero-order valence-corrected chi connectivity index (χ0v) is 16.8. The Balaban J connectivity index is 1.48. The number of rotatable bonds is 4. The summed E-state index contributed by atoms with van der Waals surface area (Å²) in [6.07, 6.45) is 0.855. The lowest BCUT2D eigenvalue weighted by Crippen LogP contribution is -2.53. The van der Waals surface area contributed by atoms with Gasteiger partial charge in [0.05, 0.1) is 6.54 Å². The molecule has 2 aliphatic heterocycles. The number of aryl methyl sites for hydroxylation is 1. The fourth-order valence-electron chi connectivity index (χ4n) is 4.54. The maximum atomic E-state index is 13.2. The molecule has 1 N–H and O–H groups in total. The monoisotopic (exact) mass is 411 g/mol. The fraction of sp³-hybridized carbons (Fsp3) is 0.400. The van der Waals surface area contributed by atoms with Crippen LogP contribution in [-0.4, -0.2) is 33.7 Å². The Hall–Kier alpha value is -2.94. The van der Waals surface area contributed by atoms with Crippen LogP contribution in [-0.2, 0) is 11.3 Å². The molecule has 1 amide bonds. The molecule has 3 aromatic heterocycles. The molecule has 8 nitrogen and oxygen atoms in total. The second kappa shape index (κ2) is 7.14. The molecule has 5 rings (SSSR count). The van der Waals surface area contributed by atoms with Gasteiger partial charge in [-0.2, -0.15) is 4.98 Å². The number of nitrogens with one attached hydrogen (secondary N) is 1. The van der Waals surface area contributed by atoms with Crippen molar-refractivity contribution >= 4 is 23.2 Å². The van der Waals surface area contributed by atoms with Crippen LogP contribution >= 0.6 is 11.3 Å². The van der Waals surface area contributed by atoms with Gasteiger partial charge in [0.25, 0.3) is 11.5 Å². The number of pyridine rings is 1. The van der Waals surface area contributed by atoms with Gasteiger partial charge in [-0.15, -0.1) is 11.3 Å². The molecule has 0 radical (unpaired) electrons. The molecule has 2 bridgehead atoms. The number of fused-ring (bicyclic) bond motifs is 4. The lowest BCUT2D eigenvalue weighted by molar-refractivity contribution is -0.127. The highest BCUT2D eigenvalue weighted by atomic mass is 32.1. The van der Waals surface area contributed by atoms with Gasteiger partial charge in [0.2, 0.25) is 11.8 Å². The van der Waals surface area contributed by atoms with E-state index in [-0.39, 0.29) is 23.3 Å². The Labute approximate surface area is 171 Å². The molecule has 5 heterocycles. The van der Waals surface area contributed by atoms with Crippen molar-refractivity contribution in [3.05, 3.63) is 62.5 Å². The molecule has 9 heteroatoms. The highest BCUT2D eigenvalue weighted by Crippen LogP contribution is 2.42. The third-order valence-electron chi connectivity index (χ3n) is 5.73. The summed E-state index contributed by atoms with van der Waals surface area (Å²) in [6, 6.07) is 8.65. The number of anilines is 1. The highest BCUT2D eigenvalue weighted by Gasteiger charge is 2.44. The molecule has 1 fully saturated rings. The Morgan fingerprint density at radius 1 is 1.31 bits per heavy atom. The number of hydrogen-bond acceptors (Lipinski definition) is 7. The van der Waals surface area contributed by atoms with E-state index >= 15 is 0 Å². The average molecular weight is 411 g/mol. The molecule has 0 saturated carbocycles. The molecule has 0 unspecified atom stereocenters. The van der Waals surface area contributed by atoms with E-state index in [0.29, 0.717) is 31.5 Å². The lowest BCUT2D eigenvalue weighted by atomic mass is 9.78. The normalized spacial score (nSPS) is 22.9. The first-order chi connectivity index (χ1) is 14.1. The largest absolute Gasteiger partial charge is 0.349 e. The average Bonchev–Trinajstić information content (AvgIpc) is 3.39. The number of amides is 1. The van der Waals surface area contributed by atoms with Crippen LogP contribution in [0.3, 0.4) is 0 Å². The van der Waals surface area contributed by atoms with Crippen LogP contribution in [0.2, 0.25) is 0 Å². The van der Waals surface area contributed by atoms with Crippen LogP contribution < -0.4 is 15.8 Å². The van der Waals surface area contributed by atoms with Crippen molar-refractivity contribution in [2.75, 3.05) is 18.0 Å². The zero-order valence-electron chi connectivity index (χ0n) is 15.9. The van der Waals surface area contributed by atoms with Gasteiger partial charge in [0.15, 0.2) is 0 Å². The van der Waals surface area contributed by atoms with Gasteiger partial charge in [-0.05, 0) is 29.1 Å². The van der Waals surface area contributed by atoms with E-state index in [0.717, 1.165) is 17.0 Å². The summed E-state index contributed by atoms with van der Waals surface area (Å²) < 4.78 is 6.84. The molecule has 3 atom stereocenters. The van der Waals surface area contributed by atoms with Crippen molar-refractivity contribution in [1.82, 2.24) is 20.0 Å². The quantitative estimate of drug-likeness (QED) is 0.707. The van der Waals surface area contributed by atoms with Gasteiger partial charge >= 0.3 is 0 Å². The van der Waals surface area contributed by atoms with Crippen molar-refractivity contribution in [1.29, 1.82) is 0 Å². The minimum Gasteiger partial charge on any atom is -0.349 e. The molecule has 3 aromatic rings. The van der Waals surface area contributed by atoms with E-state index in [2.05, 4.69) is 20.4 Å². The number of nitrogens with zero attached hydrogens (tertiary/aromatic N) is 4. The van der Waals surface area contributed by atoms with Crippen molar-refractivity contribution in [2.45, 2.75) is 31.8 Å². The summed E-state index contributed by atoms with van der Waals surface area (Å²) in [6.45, 7) is 3.53. The maximum absolute atomic E-state index is 13.2. The third-order valence-corrected chi connectivity index (χ3v) is 6.61. The van der Waals surface area contributed by atoms with Crippen molar-refractivity contribution in [3.8, 4) is 0 Å². The Bertz CT molecular complexity index is 1090. The predicted octanol–water partition coefficient (Wildman–Crippen LogP) is 2.08. The molecule has 0 aliphatic carbocycles. The minimum absolute atomic E-state index is 0.0107. The predicted molar refractivity (Wildman–Crippen MR) is 108 cm³/mol. The number of aromatic nitrogens is 3. The lowest BCUT2D eigenvalue weighted by Gasteiger charge is -2.45. The number of carbonyl (C=O) groups is 1. The number of thiophene rings is 1. The first kappa shape index (κ1) is 18.1. The number of piperidine rings is 1. The van der Waals surface area contributed by atoms with Gasteiger partial charge in [-0.25, -0.2) is 0 Å². The molecule has 29 heavy (non-hydrogen) atoms. The Morgan fingerprint density at radius 3 is 2.97 bits per heavy atom. The summed E-state index contributed by atoms with van der Waals surface area (Å²) >= 11 is 1.60. The number of carbonyl (C=O) groups excluding carboxylic acids is 1. The molecular formula is C20H21N5O3S. The van der Waals surface area contributed by atoms with Crippen LogP contribution in [0.4, 0.5) is 5.95 Å². The van der Waals surface area contributed by atoms with Gasteiger partial charge < -0.3 is 14.7 Å². The molecule has 2 aliphatic rings. The standard InChI is InChI=1S/C20H21N5O3S/c1-12-22-20(23-28-12)24-10-13-8-14(11-24)18(25-16(13)5-2-6-17(25)26)19(27)21-9-15-4-3-7-29-15/h2-7,13-14,18H,8-11H2,1H3,(H,21,27)/t13-,14+,18-/m1/s1. The van der Waals surface area contributed by atoms with Gasteiger partial charge in [-0.3, -0.25) is 14.2 Å². The van der Waals surface area contributed by atoms with Crippen LogP contribution in [0, 0.1) is 12.8 Å². The third kappa shape index (κ3) is 3.25. The SMILES string of the molecule is Cc1nc(N2C[C@H]3C[C@@H](C2)[C@H](C(=O)NCc2cccs2)n2c3cccc2=O)no1. The summed E-state index contributed by atoms with van der Waals surface area (Å²) in [5.41, 5.74) is 0.771. The highest BCUT2D eigenvalue weighted by molar-refractivity contribution is 7.09. The van der Waals surface area contributed by atoms with Gasteiger partial charge in [-0.1, -0.05) is 12.1 Å². The van der Waals surface area contributed by atoms with Crippen molar-refractivity contribution in [3.63, 3.8) is 0 Å². The van der Waals surface area contributed by atoms with Crippen LogP contribution in [0.5, 0.6) is 0 Å². The van der Waals surface area contributed by atoms with Gasteiger partial charge in [0.1, 0.15) is 6.04 Å². The van der Waals surface area contributed by atoms with Crippen LogP contribution in [0.1, 0.15) is 34.8 Å². The Kier molecular flexibility index (Phi) is 4.46. The van der Waals surface area contributed by atoms with Crippen molar-refractivity contribution < 1.29 is 9.32 Å². The maximum Gasteiger partial charge on any atom is 0.266 e. The minimum atomic E-state index is -0.550. The van der Waals surface area contributed by atoms with Crippen LogP contribution in [0.25, 0.3) is 0 Å². The first-order valence-corrected chi connectivity index (χ1v) is 10.5. The fourth-order valence-corrected chi connectivity index (χ4v) is 5.19. The smallest absolute Gasteiger partial charge is 0.266 e. The van der Waals surface area contributed by atoms with E-state index in [4.69, 9.17) is 4.52 Å². The second-order valence-electron chi connectivity index (χ2n) is 7.61. The zero-order chi connectivity index (χ0) is 20.0. The first-order valence-electron chi connectivity index (χ1n) is 9.67. The van der Waals surface area contributed by atoms with Crippen LogP contribution in [0.15, 0.2) is 45.0 Å². The topological polar surface area (TPSA) is 93.3 Å². The summed E-state index contributed by atoms with van der Waals surface area (Å²) in [5.74, 6) is 1.06. The number of hydrogen-bond donors (Lipinski definition) is 1. The van der Waals surface area contributed by atoms with Crippen molar-refractivity contribution in [2.24, 2.45) is 5.92 Å². The summed E-state index contributed by atoms with van der Waals surface area (Å²) in [4.78, 5) is 33.5. The van der Waals surface area contributed by atoms with E-state index in [9.17, 15) is 9.59 Å². The van der Waals surface area contributed by atoms with E-state index < -0.39 is 6.04 Å². The van der Waals surface area contributed by atoms with Gasteiger partial charge in [0, 0.05) is 48.5 Å². The van der Waals surface area contributed by atoms with E-state index in [1.54, 1.807) is 28.9 Å². The molecule has 0 aromatic carbocycles. The second-order valence-corrected chi connectivity index (χ2v) is 8.64. The molecule has 150 valence electrons. The Morgan fingerprint density at radius 2 is 2.21 bits per heavy atom. The van der Waals surface area contributed by atoms with E-state index in [1.807, 2.05) is 23.6 Å². The molecular weight excluding hydrogens is 390 g/mol. The summed E-state index contributed by atoms with van der Waals surface area (Å²) in [7, 11) is 0. The molecule has 0 spiro atoms. The summed E-state index contributed by atoms with van der Waals surface area (Å²) in [5, 5.41) is 9.07. The van der Waals surface area contributed by atoms with E-state index in [1.165, 1.54) is 6.07 Å². The molecule has 1 saturated heterocycles.